The Labute approximate surface area is 128 Å². The van der Waals surface area contributed by atoms with Crippen LogP contribution >= 0.6 is 22.9 Å². The minimum Gasteiger partial charge on any atom is -0.345 e. The van der Waals surface area contributed by atoms with Crippen molar-refractivity contribution in [2.75, 3.05) is 13.1 Å². The first-order valence-electron chi connectivity index (χ1n) is 6.80. The second kappa shape index (κ2) is 6.44. The Bertz CT molecular complexity index is 673. The lowest BCUT2D eigenvalue weighted by Gasteiger charge is -2.08. The molecule has 104 valence electrons. The highest BCUT2D eigenvalue weighted by Crippen LogP contribution is 2.24. The molecule has 1 N–H and O–H groups in total. The Kier molecular flexibility index (Phi) is 4.41. The van der Waals surface area contributed by atoms with Gasteiger partial charge in [-0.3, -0.25) is 0 Å². The van der Waals surface area contributed by atoms with Crippen molar-refractivity contribution in [2.45, 2.75) is 13.0 Å². The number of halogens is 1. The SMILES string of the molecule is Clc1cccc2ccn(CCNCCc3ccsc3)c12. The number of benzene rings is 1. The van der Waals surface area contributed by atoms with E-state index >= 15 is 0 Å². The summed E-state index contributed by atoms with van der Waals surface area (Å²) in [5, 5.41) is 9.85. The maximum absolute atomic E-state index is 6.27. The summed E-state index contributed by atoms with van der Waals surface area (Å²) in [5.74, 6) is 0. The molecule has 3 rings (SSSR count). The number of thiophene rings is 1. The van der Waals surface area contributed by atoms with Gasteiger partial charge in [-0.1, -0.05) is 23.7 Å². The predicted molar refractivity (Wildman–Crippen MR) is 87.8 cm³/mol. The normalized spacial score (nSPS) is 11.2. The van der Waals surface area contributed by atoms with E-state index in [9.17, 15) is 0 Å². The van der Waals surface area contributed by atoms with Crippen LogP contribution in [0.4, 0.5) is 0 Å². The molecule has 4 heteroatoms. The van der Waals surface area contributed by atoms with Gasteiger partial charge in [0, 0.05) is 24.7 Å². The van der Waals surface area contributed by atoms with E-state index in [-0.39, 0.29) is 0 Å². The summed E-state index contributed by atoms with van der Waals surface area (Å²) in [4.78, 5) is 0. The summed E-state index contributed by atoms with van der Waals surface area (Å²) >= 11 is 8.03. The van der Waals surface area contributed by atoms with E-state index in [1.165, 1.54) is 10.9 Å². The molecule has 1 aromatic carbocycles. The zero-order valence-corrected chi connectivity index (χ0v) is 12.8. The highest BCUT2D eigenvalue weighted by Gasteiger charge is 2.04. The fourth-order valence-electron chi connectivity index (χ4n) is 2.39. The van der Waals surface area contributed by atoms with E-state index in [0.29, 0.717) is 0 Å². The van der Waals surface area contributed by atoms with Crippen LogP contribution in [0, 0.1) is 0 Å². The molecule has 2 aromatic heterocycles. The van der Waals surface area contributed by atoms with Crippen LogP contribution in [0.5, 0.6) is 0 Å². The molecule has 0 fully saturated rings. The van der Waals surface area contributed by atoms with Gasteiger partial charge in [-0.15, -0.1) is 0 Å². The zero-order valence-electron chi connectivity index (χ0n) is 11.2. The average Bonchev–Trinajstić information content (AvgIpc) is 3.09. The molecule has 0 saturated heterocycles. The third-order valence-electron chi connectivity index (χ3n) is 3.44. The number of hydrogen-bond donors (Lipinski definition) is 1. The first-order valence-corrected chi connectivity index (χ1v) is 8.12. The van der Waals surface area contributed by atoms with Crippen molar-refractivity contribution in [3.63, 3.8) is 0 Å². The van der Waals surface area contributed by atoms with Crippen molar-refractivity contribution in [3.8, 4) is 0 Å². The van der Waals surface area contributed by atoms with E-state index in [1.807, 2.05) is 12.1 Å². The number of aromatic nitrogens is 1. The molecule has 0 radical (unpaired) electrons. The lowest BCUT2D eigenvalue weighted by atomic mass is 10.2. The van der Waals surface area contributed by atoms with E-state index < -0.39 is 0 Å². The summed E-state index contributed by atoms with van der Waals surface area (Å²) in [6, 6.07) is 10.3. The smallest absolute Gasteiger partial charge is 0.0670 e. The lowest BCUT2D eigenvalue weighted by molar-refractivity contribution is 0.610. The van der Waals surface area contributed by atoms with Gasteiger partial charge in [-0.25, -0.2) is 0 Å². The summed E-state index contributed by atoms with van der Waals surface area (Å²) in [7, 11) is 0. The average molecular weight is 305 g/mol. The molecular formula is C16H17ClN2S. The molecule has 20 heavy (non-hydrogen) atoms. The molecule has 0 amide bonds. The van der Waals surface area contributed by atoms with Crippen molar-refractivity contribution in [3.05, 3.63) is 57.9 Å². The summed E-state index contributed by atoms with van der Waals surface area (Å²) in [6.45, 7) is 2.92. The van der Waals surface area contributed by atoms with Crippen molar-refractivity contribution in [1.82, 2.24) is 9.88 Å². The van der Waals surface area contributed by atoms with Gasteiger partial charge in [0.2, 0.25) is 0 Å². The van der Waals surface area contributed by atoms with Crippen LogP contribution in [-0.2, 0) is 13.0 Å². The van der Waals surface area contributed by atoms with Crippen LogP contribution in [-0.4, -0.2) is 17.7 Å². The van der Waals surface area contributed by atoms with Crippen molar-refractivity contribution >= 4 is 33.8 Å². The van der Waals surface area contributed by atoms with Gasteiger partial charge < -0.3 is 9.88 Å². The molecule has 0 aliphatic rings. The predicted octanol–water partition coefficient (Wildman–Crippen LogP) is 4.19. The second-order valence-electron chi connectivity index (χ2n) is 4.82. The van der Waals surface area contributed by atoms with E-state index in [4.69, 9.17) is 11.6 Å². The standard InChI is InChI=1S/C16H17ClN2S/c17-15-3-1-2-14-5-9-19(16(14)15)10-8-18-7-4-13-6-11-20-12-13/h1-3,5-6,9,11-12,18H,4,7-8,10H2. The first-order chi connectivity index (χ1) is 9.84. The molecule has 0 aliphatic carbocycles. The molecule has 0 aliphatic heterocycles. The molecule has 0 atom stereocenters. The number of para-hydroxylation sites is 1. The largest absolute Gasteiger partial charge is 0.345 e. The summed E-state index contributed by atoms with van der Waals surface area (Å²) in [5.41, 5.74) is 2.55. The Morgan fingerprint density at radius 1 is 1.15 bits per heavy atom. The van der Waals surface area contributed by atoms with Crippen LogP contribution < -0.4 is 5.32 Å². The van der Waals surface area contributed by atoms with Crippen LogP contribution in [0.15, 0.2) is 47.3 Å². The van der Waals surface area contributed by atoms with E-state index in [1.54, 1.807) is 11.3 Å². The van der Waals surface area contributed by atoms with Gasteiger partial charge in [-0.05, 0) is 47.5 Å². The van der Waals surface area contributed by atoms with Crippen LogP contribution in [0.1, 0.15) is 5.56 Å². The minimum atomic E-state index is 0.825. The third kappa shape index (κ3) is 3.06. The van der Waals surface area contributed by atoms with Crippen molar-refractivity contribution in [1.29, 1.82) is 0 Å². The Balaban J connectivity index is 1.52. The second-order valence-corrected chi connectivity index (χ2v) is 6.01. The lowest BCUT2D eigenvalue weighted by Crippen LogP contribution is -2.22. The minimum absolute atomic E-state index is 0.825. The van der Waals surface area contributed by atoms with Gasteiger partial charge in [0.25, 0.3) is 0 Å². The zero-order chi connectivity index (χ0) is 13.8. The first kappa shape index (κ1) is 13.7. The highest BCUT2D eigenvalue weighted by molar-refractivity contribution is 7.07. The number of nitrogens with zero attached hydrogens (tertiary/aromatic N) is 1. The van der Waals surface area contributed by atoms with Crippen molar-refractivity contribution in [2.24, 2.45) is 0 Å². The third-order valence-corrected chi connectivity index (χ3v) is 4.48. The fraction of sp³-hybridized carbons (Fsp3) is 0.250. The van der Waals surface area contributed by atoms with E-state index in [2.05, 4.69) is 45.0 Å². The summed E-state index contributed by atoms with van der Waals surface area (Å²) in [6.07, 6.45) is 3.20. The Hall–Kier alpha value is -1.29. The highest BCUT2D eigenvalue weighted by atomic mass is 35.5. The van der Waals surface area contributed by atoms with Crippen LogP contribution in [0.25, 0.3) is 10.9 Å². The summed E-state index contributed by atoms with van der Waals surface area (Å²) < 4.78 is 2.22. The molecule has 0 saturated carbocycles. The van der Waals surface area contributed by atoms with Gasteiger partial charge in [-0.2, -0.15) is 11.3 Å². The number of rotatable bonds is 6. The van der Waals surface area contributed by atoms with Crippen molar-refractivity contribution < 1.29 is 0 Å². The molecular weight excluding hydrogens is 288 g/mol. The van der Waals surface area contributed by atoms with Gasteiger partial charge in [0.15, 0.2) is 0 Å². The fourth-order valence-corrected chi connectivity index (χ4v) is 3.39. The van der Waals surface area contributed by atoms with Gasteiger partial charge >= 0.3 is 0 Å². The molecule has 3 aromatic rings. The Morgan fingerprint density at radius 2 is 2.10 bits per heavy atom. The molecule has 2 heterocycles. The van der Waals surface area contributed by atoms with E-state index in [0.717, 1.165) is 36.6 Å². The van der Waals surface area contributed by atoms with Gasteiger partial charge in [0.1, 0.15) is 0 Å². The number of hydrogen-bond acceptors (Lipinski definition) is 2. The van der Waals surface area contributed by atoms with Crippen LogP contribution in [0.3, 0.4) is 0 Å². The maximum Gasteiger partial charge on any atom is 0.0670 e. The molecule has 2 nitrogen and oxygen atoms in total. The quantitative estimate of drug-likeness (QED) is 0.676. The van der Waals surface area contributed by atoms with Crippen LogP contribution in [0.2, 0.25) is 5.02 Å². The molecule has 0 unspecified atom stereocenters. The number of nitrogens with one attached hydrogen (secondary N) is 1. The van der Waals surface area contributed by atoms with Gasteiger partial charge in [0.05, 0.1) is 10.5 Å². The molecule has 0 spiro atoms. The maximum atomic E-state index is 6.27. The molecule has 0 bridgehead atoms. The Morgan fingerprint density at radius 3 is 2.95 bits per heavy atom. The monoisotopic (exact) mass is 304 g/mol. The number of fused-ring (bicyclic) bond motifs is 1. The topological polar surface area (TPSA) is 17.0 Å².